The molecule has 0 atom stereocenters. The van der Waals surface area contributed by atoms with Gasteiger partial charge in [0.25, 0.3) is 0 Å². The van der Waals surface area contributed by atoms with E-state index in [-0.39, 0.29) is 12.0 Å². The fourth-order valence-electron chi connectivity index (χ4n) is 2.18. The zero-order valence-corrected chi connectivity index (χ0v) is 15.0. The zero-order valence-electron chi connectivity index (χ0n) is 14.1. The lowest BCUT2D eigenvalue weighted by Crippen LogP contribution is -2.50. The minimum Gasteiger partial charge on any atom is -0.461 e. The number of aromatic nitrogens is 1. The molecule has 1 aliphatic rings. The molecule has 2 rings (SSSR count). The van der Waals surface area contributed by atoms with E-state index in [0.29, 0.717) is 30.5 Å². The molecule has 1 saturated heterocycles. The van der Waals surface area contributed by atoms with Crippen LogP contribution in [0.4, 0.5) is 9.93 Å². The molecule has 1 fully saturated rings. The molecule has 1 aromatic heterocycles. The molecule has 1 aromatic rings. The van der Waals surface area contributed by atoms with Crippen LogP contribution in [0.2, 0.25) is 0 Å². The second-order valence-electron chi connectivity index (χ2n) is 6.28. The molecule has 0 aromatic carbocycles. The topological polar surface area (TPSA) is 80.8 Å². The Bertz CT molecular complexity index is 588. The quantitative estimate of drug-likeness (QED) is 0.848. The van der Waals surface area contributed by atoms with Gasteiger partial charge in [-0.2, -0.15) is 0 Å². The fourth-order valence-corrected chi connectivity index (χ4v) is 3.17. The lowest BCUT2D eigenvalue weighted by Gasteiger charge is -2.39. The number of esters is 1. The molecule has 0 spiro atoms. The van der Waals surface area contributed by atoms with Gasteiger partial charge in [0.15, 0.2) is 10.8 Å². The third-order valence-electron chi connectivity index (χ3n) is 3.24. The third-order valence-corrected chi connectivity index (χ3v) is 4.48. The number of hydrogen-bond acceptors (Lipinski definition) is 7. The molecule has 7 nitrogen and oxygen atoms in total. The van der Waals surface area contributed by atoms with Crippen LogP contribution >= 0.6 is 11.3 Å². The Labute approximate surface area is 140 Å². The zero-order chi connectivity index (χ0) is 17.2. The number of nitrogens with zero attached hydrogens (tertiary/aromatic N) is 2. The smallest absolute Gasteiger partial charge is 0.410 e. The van der Waals surface area contributed by atoms with E-state index < -0.39 is 11.6 Å². The molecule has 128 valence electrons. The van der Waals surface area contributed by atoms with Crippen molar-refractivity contribution in [2.24, 2.45) is 0 Å². The predicted molar refractivity (Wildman–Crippen MR) is 88.2 cm³/mol. The minimum atomic E-state index is -0.512. The van der Waals surface area contributed by atoms with Gasteiger partial charge in [0.1, 0.15) is 5.60 Å². The lowest BCUT2D eigenvalue weighted by atomic mass is 9.97. The van der Waals surface area contributed by atoms with Crippen molar-refractivity contribution in [1.82, 2.24) is 9.88 Å². The summed E-state index contributed by atoms with van der Waals surface area (Å²) < 4.78 is 10.4. The van der Waals surface area contributed by atoms with Gasteiger partial charge in [-0.25, -0.2) is 14.6 Å². The second-order valence-corrected chi connectivity index (χ2v) is 7.32. The van der Waals surface area contributed by atoms with E-state index in [9.17, 15) is 9.59 Å². The van der Waals surface area contributed by atoms with E-state index in [2.05, 4.69) is 10.3 Å². The summed E-state index contributed by atoms with van der Waals surface area (Å²) >= 11 is 1.42. The van der Waals surface area contributed by atoms with Crippen LogP contribution in [-0.4, -0.2) is 54.3 Å². The summed E-state index contributed by atoms with van der Waals surface area (Å²) in [6, 6.07) is 0. The molecular weight excluding hydrogens is 318 g/mol. The lowest BCUT2D eigenvalue weighted by molar-refractivity contribution is 0.00837. The maximum absolute atomic E-state index is 12.0. The van der Waals surface area contributed by atoms with Gasteiger partial charge < -0.3 is 19.7 Å². The Morgan fingerprint density at radius 2 is 2.04 bits per heavy atom. The van der Waals surface area contributed by atoms with Gasteiger partial charge in [0.05, 0.1) is 6.61 Å². The van der Waals surface area contributed by atoms with Gasteiger partial charge in [-0.3, -0.25) is 0 Å². The highest BCUT2D eigenvalue weighted by molar-refractivity contribution is 7.16. The van der Waals surface area contributed by atoms with Crippen molar-refractivity contribution in [1.29, 1.82) is 0 Å². The molecule has 8 heteroatoms. The van der Waals surface area contributed by atoms with Gasteiger partial charge in [-0.05, 0) is 27.7 Å². The summed E-state index contributed by atoms with van der Waals surface area (Å²) in [5, 5.41) is 3.61. The molecule has 0 bridgehead atoms. The largest absolute Gasteiger partial charge is 0.461 e. The van der Waals surface area contributed by atoms with E-state index >= 15 is 0 Å². The summed E-state index contributed by atoms with van der Waals surface area (Å²) in [6.07, 6.45) is -0.329. The number of amides is 1. The Morgan fingerprint density at radius 3 is 2.57 bits per heavy atom. The number of carbonyl (C=O) groups excluding carboxylic acids is 2. The summed E-state index contributed by atoms with van der Waals surface area (Å²) in [5.74, 6) is -0.336. The van der Waals surface area contributed by atoms with Gasteiger partial charge >= 0.3 is 12.1 Å². The van der Waals surface area contributed by atoms with Gasteiger partial charge in [-0.15, -0.1) is 11.3 Å². The summed E-state index contributed by atoms with van der Waals surface area (Å²) in [4.78, 5) is 30.8. The van der Waals surface area contributed by atoms with Crippen LogP contribution in [0.15, 0.2) is 0 Å². The number of ether oxygens (including phenoxy) is 2. The van der Waals surface area contributed by atoms with Gasteiger partial charge in [-0.1, -0.05) is 0 Å². The second kappa shape index (κ2) is 6.74. The molecule has 23 heavy (non-hydrogen) atoms. The molecule has 0 aliphatic carbocycles. The first-order valence-electron chi connectivity index (χ1n) is 7.58. The van der Waals surface area contributed by atoms with Crippen LogP contribution in [-0.2, 0) is 9.47 Å². The molecule has 0 saturated carbocycles. The molecule has 1 N–H and O–H groups in total. The average molecular weight is 341 g/mol. The van der Waals surface area contributed by atoms with E-state index in [1.54, 1.807) is 18.9 Å². The van der Waals surface area contributed by atoms with Crippen molar-refractivity contribution < 1.29 is 19.1 Å². The standard InChI is InChI=1S/C15H23N3O4S/c1-6-21-12(19)10-11(23-13(16-5)17-10)9-7-18(8-9)14(20)22-15(2,3)4/h9H,6-8H2,1-5H3,(H,16,17). The monoisotopic (exact) mass is 341 g/mol. The van der Waals surface area contributed by atoms with Crippen LogP contribution in [0.3, 0.4) is 0 Å². The maximum Gasteiger partial charge on any atom is 0.410 e. The number of likely N-dealkylation sites (tertiary alicyclic amines) is 1. The molecule has 2 heterocycles. The maximum atomic E-state index is 12.0. The molecular formula is C15H23N3O4S. The number of nitrogens with one attached hydrogen (secondary N) is 1. The normalized spacial score (nSPS) is 15.1. The first-order valence-corrected chi connectivity index (χ1v) is 8.40. The van der Waals surface area contributed by atoms with Crippen LogP contribution in [0, 0.1) is 0 Å². The number of carbonyl (C=O) groups is 2. The summed E-state index contributed by atoms with van der Waals surface area (Å²) in [6.45, 7) is 8.62. The first kappa shape index (κ1) is 17.5. The third kappa shape index (κ3) is 4.13. The van der Waals surface area contributed by atoms with Crippen molar-refractivity contribution in [3.8, 4) is 0 Å². The average Bonchev–Trinajstić information content (AvgIpc) is 2.79. The summed E-state index contributed by atoms with van der Waals surface area (Å²) in [5.41, 5.74) is -0.169. The summed E-state index contributed by atoms with van der Waals surface area (Å²) in [7, 11) is 1.76. The van der Waals surface area contributed by atoms with E-state index in [4.69, 9.17) is 9.47 Å². The number of anilines is 1. The molecule has 0 radical (unpaired) electrons. The highest BCUT2D eigenvalue weighted by Gasteiger charge is 2.38. The molecule has 1 aliphatic heterocycles. The predicted octanol–water partition coefficient (Wildman–Crippen LogP) is 2.70. The Morgan fingerprint density at radius 1 is 1.39 bits per heavy atom. The van der Waals surface area contributed by atoms with Crippen molar-refractivity contribution in [3.63, 3.8) is 0 Å². The number of thiazole rings is 1. The fraction of sp³-hybridized carbons (Fsp3) is 0.667. The Hall–Kier alpha value is -1.83. The minimum absolute atomic E-state index is 0.0847. The Balaban J connectivity index is 2.05. The van der Waals surface area contributed by atoms with E-state index in [1.807, 2.05) is 20.8 Å². The van der Waals surface area contributed by atoms with Crippen LogP contribution in [0.25, 0.3) is 0 Å². The highest BCUT2D eigenvalue weighted by Crippen LogP contribution is 2.36. The van der Waals surface area contributed by atoms with Crippen molar-refractivity contribution in [2.75, 3.05) is 32.1 Å². The van der Waals surface area contributed by atoms with E-state index in [0.717, 1.165) is 4.88 Å². The number of rotatable bonds is 4. The molecule has 0 unspecified atom stereocenters. The van der Waals surface area contributed by atoms with Crippen molar-refractivity contribution in [2.45, 2.75) is 39.2 Å². The van der Waals surface area contributed by atoms with Crippen LogP contribution in [0.5, 0.6) is 0 Å². The van der Waals surface area contributed by atoms with Crippen molar-refractivity contribution >= 4 is 28.5 Å². The highest BCUT2D eigenvalue weighted by atomic mass is 32.1. The SMILES string of the molecule is CCOC(=O)c1nc(NC)sc1C1CN(C(=O)OC(C)(C)C)C1. The van der Waals surface area contributed by atoms with Gasteiger partial charge in [0, 0.05) is 30.9 Å². The molecule has 1 amide bonds. The Kier molecular flexibility index (Phi) is 5.13. The van der Waals surface area contributed by atoms with Crippen LogP contribution < -0.4 is 5.32 Å². The first-order chi connectivity index (χ1) is 10.7. The van der Waals surface area contributed by atoms with Crippen LogP contribution in [0.1, 0.15) is 49.0 Å². The number of hydrogen-bond donors (Lipinski definition) is 1. The van der Waals surface area contributed by atoms with Crippen molar-refractivity contribution in [3.05, 3.63) is 10.6 Å². The van der Waals surface area contributed by atoms with Gasteiger partial charge in [0.2, 0.25) is 0 Å². The van der Waals surface area contributed by atoms with E-state index in [1.165, 1.54) is 11.3 Å².